The van der Waals surface area contributed by atoms with Crippen LogP contribution < -0.4 is 15.3 Å². The van der Waals surface area contributed by atoms with Crippen molar-refractivity contribution in [3.8, 4) is 5.75 Å². The molecule has 0 spiro atoms. The monoisotopic (exact) mass is 652 g/mol. The highest BCUT2D eigenvalue weighted by atomic mass is 31.2. The molecule has 0 aliphatic carbocycles. The van der Waals surface area contributed by atoms with Crippen molar-refractivity contribution in [2.75, 3.05) is 18.9 Å². The van der Waals surface area contributed by atoms with Gasteiger partial charge in [-0.15, -0.1) is 0 Å². The molecule has 1 aliphatic heterocycles. The highest BCUT2D eigenvalue weighted by Gasteiger charge is 2.36. The topological polar surface area (TPSA) is 179 Å². The van der Waals surface area contributed by atoms with Gasteiger partial charge in [0.15, 0.2) is 11.5 Å². The Labute approximate surface area is 266 Å². The third kappa shape index (κ3) is 8.46. The number of fused-ring (bicyclic) bond motifs is 1. The zero-order valence-electron chi connectivity index (χ0n) is 25.6. The SMILES string of the molecule is CCOC(=O)CCc1ccccc1OP(=O)(N[C@@H](C)C(=O)OCc1ccccc1)OC[C@@H]1CC[C@H](n2cnc3c(N)ncnc32)O1. The molecule has 2 aromatic heterocycles. The van der Waals surface area contributed by atoms with E-state index in [1.807, 2.05) is 30.3 Å². The zero-order chi connectivity index (χ0) is 32.5. The van der Waals surface area contributed by atoms with E-state index in [4.69, 9.17) is 29.0 Å². The van der Waals surface area contributed by atoms with E-state index < -0.39 is 32.1 Å². The highest BCUT2D eigenvalue weighted by Crippen LogP contribution is 2.47. The fourth-order valence-electron chi connectivity index (χ4n) is 4.91. The van der Waals surface area contributed by atoms with Crippen LogP contribution in [0.25, 0.3) is 11.2 Å². The molecule has 0 radical (unpaired) electrons. The summed E-state index contributed by atoms with van der Waals surface area (Å²) < 4.78 is 44.7. The van der Waals surface area contributed by atoms with Crippen LogP contribution in [0.15, 0.2) is 67.3 Å². The molecular weight excluding hydrogens is 615 g/mol. The Kier molecular flexibility index (Phi) is 11.0. The second-order valence-electron chi connectivity index (χ2n) is 10.6. The molecule has 1 aliphatic rings. The van der Waals surface area contributed by atoms with Gasteiger partial charge in [-0.25, -0.2) is 19.5 Å². The van der Waals surface area contributed by atoms with Crippen LogP contribution in [-0.4, -0.2) is 56.8 Å². The number of nitrogens with zero attached hydrogens (tertiary/aromatic N) is 4. The second kappa shape index (κ2) is 15.3. The van der Waals surface area contributed by atoms with Crippen molar-refractivity contribution in [2.45, 2.75) is 64.5 Å². The van der Waals surface area contributed by atoms with E-state index in [1.54, 1.807) is 42.1 Å². The van der Waals surface area contributed by atoms with Gasteiger partial charge in [-0.05, 0) is 50.3 Å². The van der Waals surface area contributed by atoms with E-state index in [1.165, 1.54) is 13.3 Å². The maximum absolute atomic E-state index is 14.3. The lowest BCUT2D eigenvalue weighted by Crippen LogP contribution is -2.35. The van der Waals surface area contributed by atoms with Gasteiger partial charge in [0.1, 0.15) is 36.5 Å². The number of anilines is 1. The minimum atomic E-state index is -4.22. The maximum Gasteiger partial charge on any atom is 0.459 e. The van der Waals surface area contributed by atoms with Crippen LogP contribution in [-0.2, 0) is 45.9 Å². The number of benzene rings is 2. The molecule has 46 heavy (non-hydrogen) atoms. The standard InChI is InChI=1S/C31H37N6O8P/c1-3-41-27(38)16-13-23-11-7-8-12-25(23)45-46(40,36-21(2)31(39)42-17-22-9-5-4-6-10-22)43-18-24-14-15-26(44-24)37-20-35-28-29(32)33-19-34-30(28)37/h4-12,19-21,24,26H,3,13-18H2,1-2H3,(H,36,40)(H2,32,33,34)/t21-,24-,26+,46?/m0/s1. The molecule has 244 valence electrons. The lowest BCUT2D eigenvalue weighted by molar-refractivity contribution is -0.146. The maximum atomic E-state index is 14.3. The fraction of sp³-hybridized carbons (Fsp3) is 0.387. The number of nitrogens with two attached hydrogens (primary N) is 1. The van der Waals surface area contributed by atoms with Gasteiger partial charge in [-0.3, -0.25) is 18.7 Å². The van der Waals surface area contributed by atoms with Crippen molar-refractivity contribution in [1.29, 1.82) is 0 Å². The average Bonchev–Trinajstić information content (AvgIpc) is 3.71. The molecular formula is C31H37N6O8P. The largest absolute Gasteiger partial charge is 0.466 e. The molecule has 2 aromatic carbocycles. The summed E-state index contributed by atoms with van der Waals surface area (Å²) >= 11 is 0. The molecule has 3 heterocycles. The molecule has 5 rings (SSSR count). The van der Waals surface area contributed by atoms with Crippen molar-refractivity contribution in [1.82, 2.24) is 24.6 Å². The molecule has 1 saturated heterocycles. The van der Waals surface area contributed by atoms with Gasteiger partial charge >= 0.3 is 19.7 Å². The van der Waals surface area contributed by atoms with E-state index in [-0.39, 0.29) is 50.2 Å². The fourth-order valence-corrected chi connectivity index (χ4v) is 6.47. The first-order chi connectivity index (χ1) is 22.2. The Balaban J connectivity index is 1.28. The third-order valence-electron chi connectivity index (χ3n) is 7.24. The summed E-state index contributed by atoms with van der Waals surface area (Å²) in [6.45, 7) is 3.45. The van der Waals surface area contributed by atoms with Crippen LogP contribution in [0.4, 0.5) is 5.82 Å². The Morgan fingerprint density at radius 2 is 1.87 bits per heavy atom. The third-order valence-corrected chi connectivity index (χ3v) is 8.87. The first-order valence-electron chi connectivity index (χ1n) is 15.0. The number of esters is 2. The molecule has 3 N–H and O–H groups in total. The molecule has 0 amide bonds. The van der Waals surface area contributed by atoms with Gasteiger partial charge in [0, 0.05) is 6.42 Å². The predicted octanol–water partition coefficient (Wildman–Crippen LogP) is 4.51. The summed E-state index contributed by atoms with van der Waals surface area (Å²) in [7, 11) is -4.22. The van der Waals surface area contributed by atoms with Gasteiger partial charge in [-0.2, -0.15) is 5.09 Å². The van der Waals surface area contributed by atoms with Gasteiger partial charge in [0.05, 0.1) is 25.6 Å². The molecule has 15 heteroatoms. The van der Waals surface area contributed by atoms with E-state index in [0.29, 0.717) is 29.6 Å². The smallest absolute Gasteiger partial charge is 0.459 e. The first-order valence-corrected chi connectivity index (χ1v) is 16.5. The number of imidazole rings is 1. The van der Waals surface area contributed by atoms with Crippen LogP contribution in [0.5, 0.6) is 5.75 Å². The van der Waals surface area contributed by atoms with Crippen LogP contribution >= 0.6 is 7.75 Å². The van der Waals surface area contributed by atoms with Crippen LogP contribution in [0.2, 0.25) is 0 Å². The predicted molar refractivity (Wildman–Crippen MR) is 167 cm³/mol. The van der Waals surface area contributed by atoms with Crippen LogP contribution in [0.3, 0.4) is 0 Å². The number of ether oxygens (including phenoxy) is 3. The van der Waals surface area contributed by atoms with Gasteiger partial charge in [-0.1, -0.05) is 48.5 Å². The number of nitrogen functional groups attached to an aromatic ring is 1. The molecule has 1 fully saturated rings. The Morgan fingerprint density at radius 1 is 1.09 bits per heavy atom. The number of hydrogen-bond acceptors (Lipinski definition) is 12. The summed E-state index contributed by atoms with van der Waals surface area (Å²) in [6, 6.07) is 15.0. The molecule has 1 unspecified atom stereocenters. The van der Waals surface area contributed by atoms with Crippen LogP contribution in [0, 0.1) is 0 Å². The second-order valence-corrected chi connectivity index (χ2v) is 12.3. The minimum Gasteiger partial charge on any atom is -0.466 e. The summed E-state index contributed by atoms with van der Waals surface area (Å²) in [4.78, 5) is 37.5. The summed E-state index contributed by atoms with van der Waals surface area (Å²) in [5.41, 5.74) is 8.36. The van der Waals surface area contributed by atoms with Crippen molar-refractivity contribution in [3.63, 3.8) is 0 Å². The Hall–Kier alpha value is -4.36. The molecule has 14 nitrogen and oxygen atoms in total. The summed E-state index contributed by atoms with van der Waals surface area (Å²) in [6.07, 6.45) is 3.67. The highest BCUT2D eigenvalue weighted by molar-refractivity contribution is 7.52. The van der Waals surface area contributed by atoms with Gasteiger partial charge < -0.3 is 24.5 Å². The molecule has 0 bridgehead atoms. The van der Waals surface area contributed by atoms with Gasteiger partial charge in [0.2, 0.25) is 0 Å². The lowest BCUT2D eigenvalue weighted by Gasteiger charge is -2.25. The van der Waals surface area contributed by atoms with E-state index in [9.17, 15) is 14.2 Å². The molecule has 4 aromatic rings. The number of aryl methyl sites for hydroxylation is 1. The number of rotatable bonds is 15. The minimum absolute atomic E-state index is 0.0468. The van der Waals surface area contributed by atoms with Crippen molar-refractivity contribution in [2.24, 2.45) is 0 Å². The van der Waals surface area contributed by atoms with E-state index in [2.05, 4.69) is 20.0 Å². The molecule has 4 atom stereocenters. The first kappa shape index (κ1) is 33.0. The van der Waals surface area contributed by atoms with E-state index in [0.717, 1.165) is 5.56 Å². The molecule has 0 saturated carbocycles. The summed E-state index contributed by atoms with van der Waals surface area (Å²) in [5, 5.41) is 2.73. The number of aromatic nitrogens is 4. The number of carbonyl (C=O) groups is 2. The number of nitrogens with one attached hydrogen (secondary N) is 1. The lowest BCUT2D eigenvalue weighted by atomic mass is 10.1. The normalized spacial score (nSPS) is 18.1. The van der Waals surface area contributed by atoms with Gasteiger partial charge in [0.25, 0.3) is 0 Å². The number of carbonyl (C=O) groups excluding carboxylic acids is 2. The Morgan fingerprint density at radius 3 is 2.67 bits per heavy atom. The number of hydrogen-bond donors (Lipinski definition) is 2. The zero-order valence-corrected chi connectivity index (χ0v) is 26.5. The number of para-hydroxylation sites is 1. The van der Waals surface area contributed by atoms with Crippen molar-refractivity contribution >= 4 is 36.7 Å². The van der Waals surface area contributed by atoms with Crippen molar-refractivity contribution < 1.29 is 37.4 Å². The van der Waals surface area contributed by atoms with Crippen molar-refractivity contribution in [3.05, 3.63) is 78.4 Å². The summed E-state index contributed by atoms with van der Waals surface area (Å²) in [5.74, 6) is -0.501. The quantitative estimate of drug-likeness (QED) is 0.135. The van der Waals surface area contributed by atoms with Crippen LogP contribution in [0.1, 0.15) is 50.5 Å². The Bertz CT molecular complexity index is 1690. The average molecular weight is 653 g/mol. The van der Waals surface area contributed by atoms with E-state index >= 15 is 0 Å².